The maximum atomic E-state index is 5.69. The van der Waals surface area contributed by atoms with Crippen molar-refractivity contribution in [3.05, 3.63) is 28.2 Å². The molecule has 72 valence electrons. The van der Waals surface area contributed by atoms with Crippen molar-refractivity contribution in [1.29, 1.82) is 0 Å². The molecule has 1 rings (SSSR count). The Bertz CT molecular complexity index is 286. The average Bonchev–Trinajstić information content (AvgIpc) is 2.07. The number of hydrogen-bond donors (Lipinski definition) is 1. The molecular formula is C10H14BrNS. The summed E-state index contributed by atoms with van der Waals surface area (Å²) in [6.07, 6.45) is 0. The van der Waals surface area contributed by atoms with Crippen LogP contribution < -0.4 is 5.73 Å². The second kappa shape index (κ2) is 4.91. The lowest BCUT2D eigenvalue weighted by molar-refractivity contribution is 1.11. The normalized spacial score (nSPS) is 10.8. The van der Waals surface area contributed by atoms with Crippen LogP contribution in [0.2, 0.25) is 0 Å². The molecule has 0 radical (unpaired) electrons. The van der Waals surface area contributed by atoms with E-state index in [4.69, 9.17) is 5.73 Å². The molecule has 1 aromatic rings. The van der Waals surface area contributed by atoms with Crippen LogP contribution in [0.1, 0.15) is 19.4 Å². The zero-order chi connectivity index (χ0) is 9.84. The Morgan fingerprint density at radius 2 is 2.15 bits per heavy atom. The SMILES string of the molecule is CC(C)SCc1ccc(N)c(Br)c1. The van der Waals surface area contributed by atoms with E-state index in [1.807, 2.05) is 17.8 Å². The Labute approximate surface area is 92.2 Å². The van der Waals surface area contributed by atoms with E-state index in [0.717, 1.165) is 15.9 Å². The van der Waals surface area contributed by atoms with Gasteiger partial charge in [0.1, 0.15) is 0 Å². The van der Waals surface area contributed by atoms with Crippen LogP contribution in [-0.2, 0) is 5.75 Å². The van der Waals surface area contributed by atoms with Crippen molar-refractivity contribution in [3.63, 3.8) is 0 Å². The van der Waals surface area contributed by atoms with Crippen molar-refractivity contribution < 1.29 is 0 Å². The molecule has 0 saturated carbocycles. The van der Waals surface area contributed by atoms with E-state index in [1.54, 1.807) is 0 Å². The average molecular weight is 260 g/mol. The molecule has 0 bridgehead atoms. The molecule has 13 heavy (non-hydrogen) atoms. The predicted molar refractivity (Wildman–Crippen MR) is 65.0 cm³/mol. The first-order valence-electron chi connectivity index (χ1n) is 4.25. The summed E-state index contributed by atoms with van der Waals surface area (Å²) in [4.78, 5) is 0. The van der Waals surface area contributed by atoms with Crippen molar-refractivity contribution in [3.8, 4) is 0 Å². The lowest BCUT2D eigenvalue weighted by atomic mass is 10.2. The summed E-state index contributed by atoms with van der Waals surface area (Å²) in [5.41, 5.74) is 7.81. The van der Waals surface area contributed by atoms with Crippen molar-refractivity contribution >= 4 is 33.4 Å². The second-order valence-electron chi connectivity index (χ2n) is 3.22. The lowest BCUT2D eigenvalue weighted by Gasteiger charge is -2.06. The molecule has 0 amide bonds. The highest BCUT2D eigenvalue weighted by Gasteiger charge is 1.99. The van der Waals surface area contributed by atoms with E-state index in [1.165, 1.54) is 5.56 Å². The summed E-state index contributed by atoms with van der Waals surface area (Å²) < 4.78 is 0.995. The lowest BCUT2D eigenvalue weighted by Crippen LogP contribution is -1.91. The Morgan fingerprint density at radius 1 is 1.46 bits per heavy atom. The fourth-order valence-corrected chi connectivity index (χ4v) is 2.05. The fourth-order valence-electron chi connectivity index (χ4n) is 0.923. The largest absolute Gasteiger partial charge is 0.398 e. The summed E-state index contributed by atoms with van der Waals surface area (Å²) >= 11 is 5.36. The van der Waals surface area contributed by atoms with Crippen LogP contribution in [0.15, 0.2) is 22.7 Å². The van der Waals surface area contributed by atoms with Gasteiger partial charge in [-0.1, -0.05) is 19.9 Å². The van der Waals surface area contributed by atoms with Gasteiger partial charge in [0.25, 0.3) is 0 Å². The second-order valence-corrected chi connectivity index (χ2v) is 5.63. The van der Waals surface area contributed by atoms with Crippen molar-refractivity contribution in [2.45, 2.75) is 24.9 Å². The van der Waals surface area contributed by atoms with Crippen LogP contribution >= 0.6 is 27.7 Å². The van der Waals surface area contributed by atoms with Crippen LogP contribution in [0.25, 0.3) is 0 Å². The fraction of sp³-hybridized carbons (Fsp3) is 0.400. The predicted octanol–water partition coefficient (Wildman–Crippen LogP) is 3.67. The summed E-state index contributed by atoms with van der Waals surface area (Å²) in [5, 5.41) is 0.677. The Balaban J connectivity index is 2.63. The van der Waals surface area contributed by atoms with Gasteiger partial charge in [-0.3, -0.25) is 0 Å². The summed E-state index contributed by atoms with van der Waals surface area (Å²) in [5.74, 6) is 1.05. The maximum Gasteiger partial charge on any atom is 0.0458 e. The Morgan fingerprint density at radius 3 is 2.69 bits per heavy atom. The van der Waals surface area contributed by atoms with E-state index in [2.05, 4.69) is 41.9 Å². The van der Waals surface area contributed by atoms with Crippen molar-refractivity contribution in [2.24, 2.45) is 0 Å². The van der Waals surface area contributed by atoms with Gasteiger partial charge in [-0.15, -0.1) is 0 Å². The molecule has 0 fully saturated rings. The first-order valence-corrected chi connectivity index (χ1v) is 6.09. The molecule has 0 aliphatic heterocycles. The minimum atomic E-state index is 0.677. The molecule has 0 aliphatic rings. The highest BCUT2D eigenvalue weighted by atomic mass is 79.9. The van der Waals surface area contributed by atoms with Crippen molar-refractivity contribution in [2.75, 3.05) is 5.73 Å². The third-order valence-corrected chi connectivity index (χ3v) is 3.50. The Hall–Kier alpha value is -0.150. The minimum absolute atomic E-state index is 0.677. The van der Waals surface area contributed by atoms with Crippen LogP contribution in [0.3, 0.4) is 0 Å². The zero-order valence-electron chi connectivity index (χ0n) is 7.88. The molecule has 0 aliphatic carbocycles. The molecule has 2 N–H and O–H groups in total. The number of thioether (sulfide) groups is 1. The number of anilines is 1. The third kappa shape index (κ3) is 3.61. The molecule has 0 aromatic heterocycles. The molecular weight excluding hydrogens is 246 g/mol. The standard InChI is InChI=1S/C10H14BrNS/c1-7(2)13-6-8-3-4-10(12)9(11)5-8/h3-5,7H,6,12H2,1-2H3. The first-order chi connectivity index (χ1) is 6.09. The van der Waals surface area contributed by atoms with Gasteiger partial charge in [0.05, 0.1) is 0 Å². The van der Waals surface area contributed by atoms with E-state index < -0.39 is 0 Å². The number of halogens is 1. The van der Waals surface area contributed by atoms with Gasteiger partial charge >= 0.3 is 0 Å². The van der Waals surface area contributed by atoms with Crippen LogP contribution in [0, 0.1) is 0 Å². The van der Waals surface area contributed by atoms with E-state index in [9.17, 15) is 0 Å². The maximum absolute atomic E-state index is 5.69. The number of rotatable bonds is 3. The van der Waals surface area contributed by atoms with Gasteiger partial charge in [-0.2, -0.15) is 11.8 Å². The number of benzene rings is 1. The monoisotopic (exact) mass is 259 g/mol. The third-order valence-electron chi connectivity index (χ3n) is 1.65. The van der Waals surface area contributed by atoms with E-state index >= 15 is 0 Å². The van der Waals surface area contributed by atoms with Crippen LogP contribution in [0.5, 0.6) is 0 Å². The summed E-state index contributed by atoms with van der Waals surface area (Å²) in [6, 6.07) is 6.11. The van der Waals surface area contributed by atoms with E-state index in [0.29, 0.717) is 5.25 Å². The molecule has 1 aromatic carbocycles. The quantitative estimate of drug-likeness (QED) is 0.839. The highest BCUT2D eigenvalue weighted by Crippen LogP contribution is 2.24. The Kier molecular flexibility index (Phi) is 4.13. The van der Waals surface area contributed by atoms with Gasteiger partial charge in [0.2, 0.25) is 0 Å². The number of nitrogen functional groups attached to an aromatic ring is 1. The number of nitrogens with two attached hydrogens (primary N) is 1. The van der Waals surface area contributed by atoms with Gasteiger partial charge in [0, 0.05) is 15.9 Å². The molecule has 0 saturated heterocycles. The molecule has 1 nitrogen and oxygen atoms in total. The zero-order valence-corrected chi connectivity index (χ0v) is 10.3. The molecule has 0 spiro atoms. The van der Waals surface area contributed by atoms with Gasteiger partial charge < -0.3 is 5.73 Å². The highest BCUT2D eigenvalue weighted by molar-refractivity contribution is 9.10. The summed E-state index contributed by atoms with van der Waals surface area (Å²) in [6.45, 7) is 4.41. The van der Waals surface area contributed by atoms with Gasteiger partial charge in [-0.25, -0.2) is 0 Å². The summed E-state index contributed by atoms with van der Waals surface area (Å²) in [7, 11) is 0. The van der Waals surface area contributed by atoms with E-state index in [-0.39, 0.29) is 0 Å². The van der Waals surface area contributed by atoms with Gasteiger partial charge in [-0.05, 0) is 38.9 Å². The van der Waals surface area contributed by atoms with Gasteiger partial charge in [0.15, 0.2) is 0 Å². The first kappa shape index (κ1) is 10.9. The van der Waals surface area contributed by atoms with Crippen LogP contribution in [0.4, 0.5) is 5.69 Å². The van der Waals surface area contributed by atoms with Crippen molar-refractivity contribution in [1.82, 2.24) is 0 Å². The molecule has 0 heterocycles. The number of hydrogen-bond acceptors (Lipinski definition) is 2. The molecule has 0 atom stereocenters. The molecule has 0 unspecified atom stereocenters. The smallest absolute Gasteiger partial charge is 0.0458 e. The minimum Gasteiger partial charge on any atom is -0.398 e. The molecule has 3 heteroatoms. The van der Waals surface area contributed by atoms with Crippen LogP contribution in [-0.4, -0.2) is 5.25 Å². The topological polar surface area (TPSA) is 26.0 Å².